The van der Waals surface area contributed by atoms with Gasteiger partial charge in [-0.15, -0.1) is 0 Å². The van der Waals surface area contributed by atoms with Crippen LogP contribution in [-0.2, 0) is 11.8 Å². The minimum atomic E-state index is -0.542. The second kappa shape index (κ2) is 6.21. The molecule has 2 N–H and O–H groups in total. The SMILES string of the molecule is CCNCCC12CCCCC1(O)CCc1ccc(OC)cc12. The van der Waals surface area contributed by atoms with E-state index in [4.69, 9.17) is 4.74 Å². The van der Waals surface area contributed by atoms with Crippen LogP contribution in [0.5, 0.6) is 5.75 Å². The van der Waals surface area contributed by atoms with Crippen LogP contribution in [0.1, 0.15) is 56.6 Å². The summed E-state index contributed by atoms with van der Waals surface area (Å²) >= 11 is 0. The second-order valence-corrected chi connectivity index (χ2v) is 6.95. The first kappa shape index (κ1) is 15.8. The first-order chi connectivity index (χ1) is 10.6. The molecule has 1 saturated carbocycles. The van der Waals surface area contributed by atoms with Gasteiger partial charge in [0.25, 0.3) is 0 Å². The Bertz CT molecular complexity index is 530. The van der Waals surface area contributed by atoms with Crippen molar-refractivity contribution in [3.8, 4) is 5.75 Å². The summed E-state index contributed by atoms with van der Waals surface area (Å²) in [5, 5.41) is 14.9. The normalized spacial score (nSPS) is 30.5. The van der Waals surface area contributed by atoms with E-state index in [2.05, 4.69) is 30.4 Å². The van der Waals surface area contributed by atoms with E-state index >= 15 is 0 Å². The molecule has 1 fully saturated rings. The molecule has 0 heterocycles. The molecule has 0 amide bonds. The van der Waals surface area contributed by atoms with Crippen molar-refractivity contribution in [2.75, 3.05) is 20.2 Å². The number of fused-ring (bicyclic) bond motifs is 3. The van der Waals surface area contributed by atoms with Gasteiger partial charge < -0.3 is 15.2 Å². The fraction of sp³-hybridized carbons (Fsp3) is 0.684. The smallest absolute Gasteiger partial charge is 0.119 e. The van der Waals surface area contributed by atoms with E-state index in [1.807, 2.05) is 0 Å². The number of hydrogen-bond donors (Lipinski definition) is 2. The largest absolute Gasteiger partial charge is 0.497 e. The van der Waals surface area contributed by atoms with Gasteiger partial charge in [-0.05, 0) is 68.5 Å². The van der Waals surface area contributed by atoms with Crippen molar-refractivity contribution in [3.05, 3.63) is 29.3 Å². The molecule has 3 heteroatoms. The molecule has 0 aromatic heterocycles. The number of nitrogens with one attached hydrogen (secondary N) is 1. The van der Waals surface area contributed by atoms with Crippen molar-refractivity contribution in [2.45, 2.75) is 62.9 Å². The zero-order chi connectivity index (χ0) is 15.6. The van der Waals surface area contributed by atoms with Gasteiger partial charge in [0.15, 0.2) is 0 Å². The fourth-order valence-corrected chi connectivity index (χ4v) is 4.72. The highest BCUT2D eigenvalue weighted by atomic mass is 16.5. The standard InChI is InChI=1S/C19H29NO2/c1-3-20-13-12-18-9-4-5-10-19(18,21)11-8-15-6-7-16(22-2)14-17(15)18/h6-7,14,20-21H,3-5,8-13H2,1-2H3. The Labute approximate surface area is 134 Å². The topological polar surface area (TPSA) is 41.5 Å². The first-order valence-corrected chi connectivity index (χ1v) is 8.76. The van der Waals surface area contributed by atoms with Crippen LogP contribution in [0.3, 0.4) is 0 Å². The van der Waals surface area contributed by atoms with Crippen molar-refractivity contribution in [1.29, 1.82) is 0 Å². The third-order valence-corrected chi connectivity index (χ3v) is 5.95. The monoisotopic (exact) mass is 303 g/mol. The minimum absolute atomic E-state index is 0.102. The maximum absolute atomic E-state index is 11.5. The van der Waals surface area contributed by atoms with Crippen molar-refractivity contribution in [1.82, 2.24) is 5.32 Å². The average Bonchev–Trinajstić information content (AvgIpc) is 2.55. The molecule has 22 heavy (non-hydrogen) atoms. The van der Waals surface area contributed by atoms with Gasteiger partial charge in [-0.25, -0.2) is 0 Å². The number of aryl methyl sites for hydroxylation is 1. The van der Waals surface area contributed by atoms with E-state index in [0.717, 1.165) is 57.4 Å². The van der Waals surface area contributed by atoms with E-state index in [-0.39, 0.29) is 5.41 Å². The Morgan fingerprint density at radius 3 is 2.82 bits per heavy atom. The van der Waals surface area contributed by atoms with Gasteiger partial charge in [-0.2, -0.15) is 0 Å². The Balaban J connectivity index is 2.05. The maximum atomic E-state index is 11.5. The fourth-order valence-electron chi connectivity index (χ4n) is 4.72. The minimum Gasteiger partial charge on any atom is -0.497 e. The van der Waals surface area contributed by atoms with Crippen molar-refractivity contribution in [3.63, 3.8) is 0 Å². The maximum Gasteiger partial charge on any atom is 0.119 e. The van der Waals surface area contributed by atoms with Gasteiger partial charge in [-0.1, -0.05) is 25.8 Å². The highest BCUT2D eigenvalue weighted by Crippen LogP contribution is 2.55. The number of methoxy groups -OCH3 is 1. The molecule has 2 aliphatic carbocycles. The van der Waals surface area contributed by atoms with Gasteiger partial charge >= 0.3 is 0 Å². The number of aliphatic hydroxyl groups is 1. The molecule has 2 atom stereocenters. The first-order valence-electron chi connectivity index (χ1n) is 8.76. The Kier molecular flexibility index (Phi) is 4.47. The number of rotatable bonds is 5. The summed E-state index contributed by atoms with van der Waals surface area (Å²) in [4.78, 5) is 0. The van der Waals surface area contributed by atoms with E-state index < -0.39 is 5.60 Å². The zero-order valence-corrected chi connectivity index (χ0v) is 14.0. The highest BCUT2D eigenvalue weighted by Gasteiger charge is 2.54. The van der Waals surface area contributed by atoms with Crippen LogP contribution < -0.4 is 10.1 Å². The molecule has 122 valence electrons. The molecule has 0 saturated heterocycles. The van der Waals surface area contributed by atoms with Crippen LogP contribution in [0.15, 0.2) is 18.2 Å². The van der Waals surface area contributed by atoms with Crippen LogP contribution in [0, 0.1) is 0 Å². The van der Waals surface area contributed by atoms with Crippen LogP contribution in [0.4, 0.5) is 0 Å². The zero-order valence-electron chi connectivity index (χ0n) is 14.0. The number of ether oxygens (including phenoxy) is 1. The van der Waals surface area contributed by atoms with Crippen LogP contribution in [-0.4, -0.2) is 30.9 Å². The quantitative estimate of drug-likeness (QED) is 0.821. The molecule has 2 unspecified atom stereocenters. The summed E-state index contributed by atoms with van der Waals surface area (Å²) in [6.07, 6.45) is 7.30. The van der Waals surface area contributed by atoms with Gasteiger partial charge in [0.05, 0.1) is 12.7 Å². The van der Waals surface area contributed by atoms with Gasteiger partial charge in [0, 0.05) is 5.41 Å². The van der Waals surface area contributed by atoms with Gasteiger partial charge in [0.2, 0.25) is 0 Å². The molecule has 2 aliphatic rings. The summed E-state index contributed by atoms with van der Waals surface area (Å²) in [5.41, 5.74) is 2.11. The van der Waals surface area contributed by atoms with Crippen LogP contribution in [0.25, 0.3) is 0 Å². The lowest BCUT2D eigenvalue weighted by Gasteiger charge is -2.55. The van der Waals surface area contributed by atoms with Gasteiger partial charge in [0.1, 0.15) is 5.75 Å². The summed E-state index contributed by atoms with van der Waals surface area (Å²) in [6, 6.07) is 6.46. The Hall–Kier alpha value is -1.06. The van der Waals surface area contributed by atoms with Crippen molar-refractivity contribution < 1.29 is 9.84 Å². The molecule has 0 aliphatic heterocycles. The van der Waals surface area contributed by atoms with Crippen LogP contribution in [0.2, 0.25) is 0 Å². The predicted molar refractivity (Wildman–Crippen MR) is 89.6 cm³/mol. The molecule has 0 bridgehead atoms. The lowest BCUT2D eigenvalue weighted by Crippen LogP contribution is -2.57. The summed E-state index contributed by atoms with van der Waals surface area (Å²) in [5.74, 6) is 0.913. The average molecular weight is 303 g/mol. The third-order valence-electron chi connectivity index (χ3n) is 5.95. The molecular formula is C19H29NO2. The van der Waals surface area contributed by atoms with E-state index in [9.17, 15) is 5.11 Å². The van der Waals surface area contributed by atoms with E-state index in [0.29, 0.717) is 0 Å². The Morgan fingerprint density at radius 2 is 2.05 bits per heavy atom. The van der Waals surface area contributed by atoms with Gasteiger partial charge in [-0.3, -0.25) is 0 Å². The highest BCUT2D eigenvalue weighted by molar-refractivity contribution is 5.46. The molecule has 1 aromatic carbocycles. The second-order valence-electron chi connectivity index (χ2n) is 6.95. The summed E-state index contributed by atoms with van der Waals surface area (Å²) in [6.45, 7) is 4.09. The molecule has 0 spiro atoms. The lowest BCUT2D eigenvalue weighted by atomic mass is 9.53. The molecule has 3 rings (SSSR count). The third kappa shape index (κ3) is 2.44. The van der Waals surface area contributed by atoms with E-state index in [1.165, 1.54) is 17.5 Å². The molecule has 3 nitrogen and oxygen atoms in total. The molecular weight excluding hydrogens is 274 g/mol. The van der Waals surface area contributed by atoms with Crippen molar-refractivity contribution >= 4 is 0 Å². The van der Waals surface area contributed by atoms with Crippen molar-refractivity contribution in [2.24, 2.45) is 0 Å². The van der Waals surface area contributed by atoms with E-state index in [1.54, 1.807) is 7.11 Å². The summed E-state index contributed by atoms with van der Waals surface area (Å²) in [7, 11) is 1.73. The van der Waals surface area contributed by atoms with Crippen LogP contribution >= 0.6 is 0 Å². The summed E-state index contributed by atoms with van der Waals surface area (Å²) < 4.78 is 5.47. The molecule has 0 radical (unpaired) electrons. The predicted octanol–water partition coefficient (Wildman–Crippen LogP) is 3.18. The number of benzene rings is 1. The number of hydrogen-bond acceptors (Lipinski definition) is 3. The lowest BCUT2D eigenvalue weighted by molar-refractivity contribution is -0.0868. The Morgan fingerprint density at radius 1 is 1.23 bits per heavy atom. The molecule has 1 aromatic rings.